The van der Waals surface area contributed by atoms with E-state index >= 15 is 0 Å². The van der Waals surface area contributed by atoms with Gasteiger partial charge in [0.15, 0.2) is 9.84 Å². The van der Waals surface area contributed by atoms with Crippen molar-refractivity contribution in [3.63, 3.8) is 0 Å². The Bertz CT molecular complexity index is 907. The zero-order chi connectivity index (χ0) is 18.9. The van der Waals surface area contributed by atoms with Crippen molar-refractivity contribution in [1.82, 2.24) is 4.90 Å². The molecule has 1 amide bonds. The summed E-state index contributed by atoms with van der Waals surface area (Å²) in [5, 5.41) is 1.47. The van der Waals surface area contributed by atoms with Crippen molar-refractivity contribution in [3.8, 4) is 0 Å². The smallest absolute Gasteiger partial charge is 0.410 e. The lowest BCUT2D eigenvalue weighted by Gasteiger charge is -2.33. The van der Waals surface area contributed by atoms with Gasteiger partial charge in [0.2, 0.25) is 0 Å². The summed E-state index contributed by atoms with van der Waals surface area (Å²) in [5.74, 6) is 0. The fraction of sp³-hybridized carbons (Fsp3) is 0.450. The maximum Gasteiger partial charge on any atom is 0.410 e. The summed E-state index contributed by atoms with van der Waals surface area (Å²) in [5.41, 5.74) is -0.550. The topological polar surface area (TPSA) is 63.7 Å². The van der Waals surface area contributed by atoms with Crippen LogP contribution in [0.15, 0.2) is 47.4 Å². The van der Waals surface area contributed by atoms with Gasteiger partial charge in [-0.05, 0) is 56.5 Å². The second-order valence-corrected chi connectivity index (χ2v) is 9.95. The molecule has 0 atom stereocenters. The zero-order valence-electron chi connectivity index (χ0n) is 15.4. The predicted molar refractivity (Wildman–Crippen MR) is 102 cm³/mol. The van der Waals surface area contributed by atoms with Crippen LogP contribution in [0.2, 0.25) is 0 Å². The summed E-state index contributed by atoms with van der Waals surface area (Å²) in [7, 11) is -3.42. The summed E-state index contributed by atoms with van der Waals surface area (Å²) in [6.45, 7) is 6.25. The molecule has 1 fully saturated rings. The normalized spacial score (nSPS) is 16.7. The molecule has 26 heavy (non-hydrogen) atoms. The molecule has 0 spiro atoms. The molecule has 0 radical (unpaired) electrons. The van der Waals surface area contributed by atoms with Crippen LogP contribution in [-0.4, -0.2) is 43.4 Å². The summed E-state index contributed by atoms with van der Waals surface area (Å²) in [6.07, 6.45) is 0.474. The molecule has 2 aromatic rings. The van der Waals surface area contributed by atoms with Gasteiger partial charge in [0.05, 0.1) is 10.1 Å². The van der Waals surface area contributed by atoms with E-state index in [9.17, 15) is 13.2 Å². The van der Waals surface area contributed by atoms with Crippen molar-refractivity contribution in [2.24, 2.45) is 0 Å². The molecule has 1 aliphatic heterocycles. The third-order valence-electron chi connectivity index (χ3n) is 4.58. The number of piperidine rings is 1. The van der Waals surface area contributed by atoms with E-state index in [0.717, 1.165) is 10.8 Å². The quantitative estimate of drug-likeness (QED) is 0.795. The average molecular weight is 375 g/mol. The highest BCUT2D eigenvalue weighted by Gasteiger charge is 2.34. The Hall–Kier alpha value is -2.08. The van der Waals surface area contributed by atoms with Crippen LogP contribution in [0, 0.1) is 0 Å². The van der Waals surface area contributed by atoms with E-state index in [0.29, 0.717) is 30.8 Å². The van der Waals surface area contributed by atoms with Gasteiger partial charge in [0, 0.05) is 13.1 Å². The number of hydrogen-bond donors (Lipinski definition) is 0. The van der Waals surface area contributed by atoms with Crippen LogP contribution in [0.25, 0.3) is 10.8 Å². The number of carbonyl (C=O) groups is 1. The summed E-state index contributed by atoms with van der Waals surface area (Å²) in [4.78, 5) is 14.1. The first-order chi connectivity index (χ1) is 12.2. The minimum Gasteiger partial charge on any atom is -0.444 e. The Morgan fingerprint density at radius 2 is 1.65 bits per heavy atom. The number of ether oxygens (including phenoxy) is 1. The van der Waals surface area contributed by atoms with Gasteiger partial charge < -0.3 is 9.64 Å². The lowest BCUT2D eigenvalue weighted by Crippen LogP contribution is -2.44. The molecule has 2 aromatic carbocycles. The minimum absolute atomic E-state index is 0.354. The number of nitrogens with zero attached hydrogens (tertiary/aromatic N) is 1. The van der Waals surface area contributed by atoms with Crippen LogP contribution >= 0.6 is 0 Å². The fourth-order valence-corrected chi connectivity index (χ4v) is 4.98. The third-order valence-corrected chi connectivity index (χ3v) is 6.84. The van der Waals surface area contributed by atoms with Crippen molar-refractivity contribution >= 4 is 26.7 Å². The van der Waals surface area contributed by atoms with Crippen LogP contribution < -0.4 is 0 Å². The molecular weight excluding hydrogens is 350 g/mol. The second kappa shape index (κ2) is 6.91. The predicted octanol–water partition coefficient (Wildman–Crippen LogP) is 4.01. The summed E-state index contributed by atoms with van der Waals surface area (Å²) in [6, 6.07) is 13.0. The first kappa shape index (κ1) is 18.7. The highest BCUT2D eigenvalue weighted by molar-refractivity contribution is 7.92. The minimum atomic E-state index is -3.42. The monoisotopic (exact) mass is 375 g/mol. The number of hydrogen-bond acceptors (Lipinski definition) is 4. The lowest BCUT2D eigenvalue weighted by molar-refractivity contribution is 0.0217. The van der Waals surface area contributed by atoms with Gasteiger partial charge in [0.25, 0.3) is 0 Å². The van der Waals surface area contributed by atoms with Crippen molar-refractivity contribution in [3.05, 3.63) is 42.5 Å². The molecule has 6 heteroatoms. The Morgan fingerprint density at radius 1 is 1.04 bits per heavy atom. The maximum atomic E-state index is 13.0. The number of sulfone groups is 1. The van der Waals surface area contributed by atoms with E-state index in [-0.39, 0.29) is 6.09 Å². The highest BCUT2D eigenvalue weighted by Crippen LogP contribution is 2.27. The SMILES string of the molecule is CC(C)(C)OC(=O)N1CCC(S(=O)(=O)c2ccc3ccccc3c2)CC1. The Kier molecular flexibility index (Phi) is 4.97. The Labute approximate surface area is 154 Å². The molecule has 0 N–H and O–H groups in total. The van der Waals surface area contributed by atoms with Crippen molar-refractivity contribution in [2.75, 3.05) is 13.1 Å². The maximum absolute atomic E-state index is 13.0. The van der Waals surface area contributed by atoms with E-state index in [1.807, 2.05) is 51.1 Å². The molecule has 0 unspecified atom stereocenters. The van der Waals surface area contributed by atoms with E-state index in [2.05, 4.69) is 0 Å². The number of carbonyl (C=O) groups excluding carboxylic acids is 1. The van der Waals surface area contributed by atoms with Gasteiger partial charge in [-0.3, -0.25) is 0 Å². The molecule has 1 heterocycles. The first-order valence-corrected chi connectivity index (χ1v) is 10.4. The standard InChI is InChI=1S/C20H25NO4S/c1-20(2,3)25-19(22)21-12-10-17(11-13-21)26(23,24)18-9-8-15-6-4-5-7-16(15)14-18/h4-9,14,17H,10-13H2,1-3H3. The van der Waals surface area contributed by atoms with Crippen LogP contribution in [-0.2, 0) is 14.6 Å². The largest absolute Gasteiger partial charge is 0.444 e. The molecule has 140 valence electrons. The average Bonchev–Trinajstić information content (AvgIpc) is 2.60. The molecule has 5 nitrogen and oxygen atoms in total. The van der Waals surface area contributed by atoms with Crippen molar-refractivity contribution in [2.45, 2.75) is 49.4 Å². The highest BCUT2D eigenvalue weighted by atomic mass is 32.2. The first-order valence-electron chi connectivity index (χ1n) is 8.87. The van der Waals surface area contributed by atoms with Gasteiger partial charge in [-0.15, -0.1) is 0 Å². The molecule has 0 bridgehead atoms. The van der Waals surface area contributed by atoms with Crippen LogP contribution in [0.5, 0.6) is 0 Å². The fourth-order valence-electron chi connectivity index (χ4n) is 3.21. The summed E-state index contributed by atoms with van der Waals surface area (Å²) >= 11 is 0. The molecule has 0 aromatic heterocycles. The van der Waals surface area contributed by atoms with E-state index in [4.69, 9.17) is 4.74 Å². The van der Waals surface area contributed by atoms with E-state index in [1.165, 1.54) is 0 Å². The Balaban J connectivity index is 1.72. The van der Waals surface area contributed by atoms with Crippen LogP contribution in [0.3, 0.4) is 0 Å². The van der Waals surface area contributed by atoms with Gasteiger partial charge in [-0.1, -0.05) is 30.3 Å². The molecule has 0 saturated carbocycles. The van der Waals surface area contributed by atoms with Crippen LogP contribution in [0.1, 0.15) is 33.6 Å². The zero-order valence-corrected chi connectivity index (χ0v) is 16.3. The van der Waals surface area contributed by atoms with Gasteiger partial charge >= 0.3 is 6.09 Å². The molecular formula is C20H25NO4S. The molecule has 1 aliphatic rings. The van der Waals surface area contributed by atoms with E-state index < -0.39 is 20.7 Å². The lowest BCUT2D eigenvalue weighted by atomic mass is 10.1. The van der Waals surface area contributed by atoms with E-state index in [1.54, 1.807) is 17.0 Å². The third kappa shape index (κ3) is 4.01. The van der Waals surface area contributed by atoms with Gasteiger partial charge in [-0.2, -0.15) is 0 Å². The van der Waals surface area contributed by atoms with Crippen LogP contribution in [0.4, 0.5) is 4.79 Å². The number of rotatable bonds is 2. The van der Waals surface area contributed by atoms with Gasteiger partial charge in [-0.25, -0.2) is 13.2 Å². The number of fused-ring (bicyclic) bond motifs is 1. The van der Waals surface area contributed by atoms with Gasteiger partial charge in [0.1, 0.15) is 5.60 Å². The molecule has 0 aliphatic carbocycles. The second-order valence-electron chi connectivity index (χ2n) is 7.72. The number of benzene rings is 2. The number of amides is 1. The van der Waals surface area contributed by atoms with Crippen molar-refractivity contribution in [1.29, 1.82) is 0 Å². The number of likely N-dealkylation sites (tertiary alicyclic amines) is 1. The molecule has 3 rings (SSSR count). The molecule has 1 saturated heterocycles. The summed E-state index contributed by atoms with van der Waals surface area (Å²) < 4.78 is 31.4. The Morgan fingerprint density at radius 3 is 2.27 bits per heavy atom. The van der Waals surface area contributed by atoms with Crippen molar-refractivity contribution < 1.29 is 17.9 Å².